The summed E-state index contributed by atoms with van der Waals surface area (Å²) in [7, 11) is 1.76. The normalized spacial score (nSPS) is 21.5. The van der Waals surface area contributed by atoms with Crippen molar-refractivity contribution in [2.45, 2.75) is 50.9 Å². The van der Waals surface area contributed by atoms with Crippen LogP contribution in [-0.4, -0.2) is 61.2 Å². The summed E-state index contributed by atoms with van der Waals surface area (Å²) in [6, 6.07) is 13.5. The van der Waals surface area contributed by atoms with E-state index >= 15 is 0 Å². The highest BCUT2D eigenvalue weighted by molar-refractivity contribution is 6.02. The molecule has 9 heteroatoms. The van der Waals surface area contributed by atoms with Crippen molar-refractivity contribution in [2.24, 2.45) is 0 Å². The van der Waals surface area contributed by atoms with E-state index in [4.69, 9.17) is 9.47 Å². The smallest absolute Gasteiger partial charge is 0.323 e. The highest BCUT2D eigenvalue weighted by Gasteiger charge is 2.39. The average Bonchev–Trinajstić information content (AvgIpc) is 2.86. The monoisotopic (exact) mass is 480 g/mol. The number of fused-ring (bicyclic) bond motifs is 2. The number of carbonyl (C=O) groups excluding carboxylic acids is 3. The molecule has 2 aromatic carbocycles. The van der Waals surface area contributed by atoms with Crippen molar-refractivity contribution in [1.82, 2.24) is 10.2 Å². The molecular formula is C26H32N4O5. The predicted molar refractivity (Wildman–Crippen MR) is 133 cm³/mol. The maximum absolute atomic E-state index is 13.3. The third-order valence-corrected chi connectivity index (χ3v) is 6.29. The van der Waals surface area contributed by atoms with Gasteiger partial charge in [0.2, 0.25) is 5.91 Å². The van der Waals surface area contributed by atoms with Gasteiger partial charge in [-0.1, -0.05) is 25.1 Å². The largest absolute Gasteiger partial charge is 0.490 e. The summed E-state index contributed by atoms with van der Waals surface area (Å²) in [5.41, 5.74) is 1.53. The number of likely N-dealkylation sites (N-methyl/N-ethyl adjacent to an activating group) is 1. The lowest BCUT2D eigenvalue weighted by Gasteiger charge is -2.42. The Morgan fingerprint density at radius 1 is 1.06 bits per heavy atom. The first-order chi connectivity index (χ1) is 16.9. The second kappa shape index (κ2) is 11.2. The number of benzene rings is 2. The van der Waals surface area contributed by atoms with Gasteiger partial charge in [0.05, 0.1) is 24.1 Å². The topological polar surface area (TPSA) is 109 Å². The second-order valence-electron chi connectivity index (χ2n) is 8.88. The van der Waals surface area contributed by atoms with Crippen LogP contribution < -0.4 is 20.7 Å². The number of anilines is 2. The highest BCUT2D eigenvalue weighted by Crippen LogP contribution is 2.32. The van der Waals surface area contributed by atoms with Crippen LogP contribution in [0.15, 0.2) is 48.5 Å². The van der Waals surface area contributed by atoms with Gasteiger partial charge >= 0.3 is 6.03 Å². The molecule has 0 aliphatic carbocycles. The number of urea groups is 1. The number of nitrogens with zero attached hydrogens (tertiary/aromatic N) is 1. The van der Waals surface area contributed by atoms with E-state index in [1.807, 2.05) is 25.1 Å². The zero-order valence-electron chi connectivity index (χ0n) is 20.1. The van der Waals surface area contributed by atoms with Crippen LogP contribution in [0.25, 0.3) is 0 Å². The van der Waals surface area contributed by atoms with Gasteiger partial charge < -0.3 is 30.3 Å². The van der Waals surface area contributed by atoms with E-state index in [1.54, 1.807) is 42.3 Å². The number of hydrogen-bond acceptors (Lipinski definition) is 5. The molecule has 186 valence electrons. The molecule has 2 aliphatic heterocycles. The van der Waals surface area contributed by atoms with E-state index in [1.165, 1.54) is 0 Å². The fourth-order valence-electron chi connectivity index (χ4n) is 4.46. The van der Waals surface area contributed by atoms with Crippen molar-refractivity contribution in [3.8, 4) is 5.75 Å². The fraction of sp³-hybridized carbons (Fsp3) is 0.423. The molecule has 0 spiro atoms. The van der Waals surface area contributed by atoms with Gasteiger partial charge in [0.15, 0.2) is 0 Å². The molecule has 1 fully saturated rings. The van der Waals surface area contributed by atoms with E-state index in [2.05, 4.69) is 16.0 Å². The van der Waals surface area contributed by atoms with Crippen molar-refractivity contribution < 1.29 is 23.9 Å². The molecule has 0 unspecified atom stereocenters. The minimum Gasteiger partial charge on any atom is -0.490 e. The highest BCUT2D eigenvalue weighted by atomic mass is 16.5. The zero-order chi connectivity index (χ0) is 24.8. The maximum atomic E-state index is 13.3. The van der Waals surface area contributed by atoms with Crippen LogP contribution in [0.2, 0.25) is 0 Å². The summed E-state index contributed by atoms with van der Waals surface area (Å²) in [5, 5.41) is 8.41. The summed E-state index contributed by atoms with van der Waals surface area (Å²) in [6.45, 7) is 2.93. The van der Waals surface area contributed by atoms with Crippen molar-refractivity contribution >= 4 is 29.2 Å². The first-order valence-corrected chi connectivity index (χ1v) is 12.0. The Morgan fingerprint density at radius 2 is 1.83 bits per heavy atom. The lowest BCUT2D eigenvalue weighted by Crippen LogP contribution is -2.54. The van der Waals surface area contributed by atoms with Crippen molar-refractivity contribution in [3.05, 3.63) is 54.1 Å². The molecule has 2 aliphatic rings. The van der Waals surface area contributed by atoms with Gasteiger partial charge in [0, 0.05) is 25.0 Å². The van der Waals surface area contributed by atoms with Gasteiger partial charge in [-0.15, -0.1) is 0 Å². The molecular weight excluding hydrogens is 448 g/mol. The molecule has 3 atom stereocenters. The molecule has 2 heterocycles. The van der Waals surface area contributed by atoms with E-state index in [-0.39, 0.29) is 36.7 Å². The van der Waals surface area contributed by atoms with Crippen LogP contribution in [0.3, 0.4) is 0 Å². The summed E-state index contributed by atoms with van der Waals surface area (Å²) >= 11 is 0. The summed E-state index contributed by atoms with van der Waals surface area (Å²) in [5.74, 6) is 0.207. The summed E-state index contributed by atoms with van der Waals surface area (Å²) < 4.78 is 12.2. The molecule has 3 N–H and O–H groups in total. The van der Waals surface area contributed by atoms with Gasteiger partial charge in [-0.2, -0.15) is 0 Å². The lowest BCUT2D eigenvalue weighted by molar-refractivity contribution is -0.134. The van der Waals surface area contributed by atoms with E-state index < -0.39 is 6.03 Å². The Morgan fingerprint density at radius 3 is 2.60 bits per heavy atom. The fourth-order valence-corrected chi connectivity index (χ4v) is 4.46. The Balaban J connectivity index is 1.43. The minimum absolute atomic E-state index is 0.0202. The standard InChI is InChI=1S/C26H32N4O5/c1-3-13-27-24(31)15-19-10-11-21-23(35-19)16-34-22-12-9-18(14-20(22)25(32)30(21)2)29-26(33)28-17-7-5-4-6-8-17/h4-9,12,14,19,21,23H,3,10-11,13,15-16H2,1-2H3,(H,27,31)(H2,28,29,33)/t19-,21+,23-/m0/s1. The van der Waals surface area contributed by atoms with Gasteiger partial charge in [0.25, 0.3) is 5.91 Å². The molecule has 4 rings (SSSR count). The van der Waals surface area contributed by atoms with E-state index in [0.29, 0.717) is 42.1 Å². The molecule has 35 heavy (non-hydrogen) atoms. The van der Waals surface area contributed by atoms with Crippen molar-refractivity contribution in [1.29, 1.82) is 0 Å². The Bertz CT molecular complexity index is 1060. The predicted octanol–water partition coefficient (Wildman–Crippen LogP) is 3.63. The minimum atomic E-state index is -0.404. The van der Waals surface area contributed by atoms with Crippen LogP contribution >= 0.6 is 0 Å². The Labute approximate surface area is 205 Å². The van der Waals surface area contributed by atoms with Crippen molar-refractivity contribution in [3.63, 3.8) is 0 Å². The number of rotatable bonds is 6. The first kappa shape index (κ1) is 24.5. The molecule has 0 saturated carbocycles. The van der Waals surface area contributed by atoms with Crippen LogP contribution in [0.5, 0.6) is 5.75 Å². The van der Waals surface area contributed by atoms with Crippen LogP contribution in [0, 0.1) is 0 Å². The number of nitrogens with one attached hydrogen (secondary N) is 3. The van der Waals surface area contributed by atoms with Crippen LogP contribution in [0.1, 0.15) is 43.0 Å². The molecule has 0 aromatic heterocycles. The van der Waals surface area contributed by atoms with Gasteiger partial charge in [0.1, 0.15) is 18.5 Å². The molecule has 2 aromatic rings. The molecule has 4 amide bonds. The van der Waals surface area contributed by atoms with Gasteiger partial charge in [-0.25, -0.2) is 4.79 Å². The average molecular weight is 481 g/mol. The van der Waals surface area contributed by atoms with Crippen LogP contribution in [-0.2, 0) is 9.53 Å². The number of para-hydroxylation sites is 1. The Kier molecular flexibility index (Phi) is 7.87. The Hall–Kier alpha value is -3.59. The number of amides is 4. The first-order valence-electron chi connectivity index (χ1n) is 12.0. The quantitative estimate of drug-likeness (QED) is 0.585. The molecule has 0 radical (unpaired) electrons. The van der Waals surface area contributed by atoms with Crippen LogP contribution in [0.4, 0.5) is 16.2 Å². The SMILES string of the molecule is CCCNC(=O)C[C@@H]1CC[C@@H]2[C@H](COc3ccc(NC(=O)Nc4ccccc4)cc3C(=O)N2C)O1. The second-order valence-corrected chi connectivity index (χ2v) is 8.88. The summed E-state index contributed by atoms with van der Waals surface area (Å²) in [4.78, 5) is 39.5. The van der Waals surface area contributed by atoms with Gasteiger partial charge in [-0.05, 0) is 49.6 Å². The zero-order valence-corrected chi connectivity index (χ0v) is 20.1. The van der Waals surface area contributed by atoms with E-state index in [0.717, 1.165) is 12.8 Å². The van der Waals surface area contributed by atoms with Gasteiger partial charge in [-0.3, -0.25) is 9.59 Å². The summed E-state index contributed by atoms with van der Waals surface area (Å²) in [6.07, 6.45) is 2.06. The number of ether oxygens (including phenoxy) is 2. The van der Waals surface area contributed by atoms with E-state index in [9.17, 15) is 14.4 Å². The lowest BCUT2D eigenvalue weighted by atomic mass is 9.94. The number of hydrogen-bond donors (Lipinski definition) is 3. The number of carbonyl (C=O) groups is 3. The molecule has 0 bridgehead atoms. The molecule has 1 saturated heterocycles. The maximum Gasteiger partial charge on any atom is 0.323 e. The molecule has 9 nitrogen and oxygen atoms in total. The third-order valence-electron chi connectivity index (χ3n) is 6.29. The van der Waals surface area contributed by atoms with Crippen molar-refractivity contribution in [2.75, 3.05) is 30.8 Å². The third kappa shape index (κ3) is 6.10.